The van der Waals surface area contributed by atoms with Gasteiger partial charge in [-0.2, -0.15) is 0 Å². The molecule has 0 aliphatic heterocycles. The van der Waals surface area contributed by atoms with Gasteiger partial charge in [0.15, 0.2) is 0 Å². The van der Waals surface area contributed by atoms with E-state index in [1.165, 1.54) is 6.07 Å². The first-order valence-electron chi connectivity index (χ1n) is 5.96. The van der Waals surface area contributed by atoms with Gasteiger partial charge in [-0.25, -0.2) is 4.79 Å². The molecule has 0 aliphatic rings. The monoisotopic (exact) mass is 302 g/mol. The number of hydrogen-bond donors (Lipinski definition) is 2. The van der Waals surface area contributed by atoms with Crippen LogP contribution in [-0.2, 0) is 0 Å². The third-order valence-electron chi connectivity index (χ3n) is 3.07. The zero-order chi connectivity index (χ0) is 14.1. The van der Waals surface area contributed by atoms with Gasteiger partial charge in [0, 0.05) is 23.5 Å². The van der Waals surface area contributed by atoms with Gasteiger partial charge in [-0.3, -0.25) is 9.78 Å². The third-order valence-corrected chi connectivity index (χ3v) is 3.07. The fourth-order valence-electron chi connectivity index (χ4n) is 2.08. The Morgan fingerprint density at radius 3 is 2.62 bits per heavy atom. The van der Waals surface area contributed by atoms with E-state index < -0.39 is 11.5 Å². The first kappa shape index (κ1) is 14.7. The highest BCUT2D eigenvalue weighted by molar-refractivity contribution is 5.93. The molecule has 2 N–H and O–H groups in total. The molecule has 5 nitrogen and oxygen atoms in total. The normalized spacial score (nSPS) is 10.1. The highest BCUT2D eigenvalue weighted by Gasteiger charge is 2.10. The summed E-state index contributed by atoms with van der Waals surface area (Å²) < 4.78 is 0. The summed E-state index contributed by atoms with van der Waals surface area (Å²) >= 11 is 0. The van der Waals surface area contributed by atoms with Gasteiger partial charge in [0.2, 0.25) is 0 Å². The largest absolute Gasteiger partial charge is 0.477 e. The predicted octanol–water partition coefficient (Wildman–Crippen LogP) is 2.71. The molecule has 2 aromatic heterocycles. The second-order valence-corrected chi connectivity index (χ2v) is 4.36. The number of H-pyrrole nitrogens is 1. The van der Waals surface area contributed by atoms with Crippen molar-refractivity contribution in [1.82, 2.24) is 9.97 Å². The lowest BCUT2D eigenvalue weighted by Crippen LogP contribution is -2.16. The Balaban J connectivity index is 0.00000161. The number of halogens is 1. The highest BCUT2D eigenvalue weighted by Crippen LogP contribution is 2.22. The molecule has 1 aromatic carbocycles. The molecule has 0 bridgehead atoms. The summed E-state index contributed by atoms with van der Waals surface area (Å²) in [6, 6.07) is 10.6. The number of rotatable bonds is 2. The van der Waals surface area contributed by atoms with Crippen molar-refractivity contribution in [2.45, 2.75) is 0 Å². The number of aromatic amines is 1. The molecule has 0 radical (unpaired) electrons. The quantitative estimate of drug-likeness (QED) is 0.762. The number of nitrogens with zero attached hydrogens (tertiary/aromatic N) is 1. The van der Waals surface area contributed by atoms with E-state index >= 15 is 0 Å². The SMILES string of the molecule is Cl.O=C(O)c1cc2cc(-c3cccnc3)ccc2[nH]c1=O. The standard InChI is InChI=1S/C15H10N2O3.ClH/c18-14-12(15(19)20)7-11-6-9(3-4-13(11)17-14)10-2-1-5-16-8-10;/h1-8H,(H,17,18)(H,19,20);1H. The van der Waals surface area contributed by atoms with Crippen LogP contribution in [0.5, 0.6) is 0 Å². The molecule has 0 saturated carbocycles. The molecule has 6 heteroatoms. The molecule has 0 fully saturated rings. The Bertz CT molecular complexity index is 860. The van der Waals surface area contributed by atoms with Crippen molar-refractivity contribution in [3.8, 4) is 11.1 Å². The fourth-order valence-corrected chi connectivity index (χ4v) is 2.08. The van der Waals surface area contributed by atoms with Crippen molar-refractivity contribution in [1.29, 1.82) is 0 Å². The van der Waals surface area contributed by atoms with E-state index in [4.69, 9.17) is 5.11 Å². The van der Waals surface area contributed by atoms with Crippen molar-refractivity contribution in [2.24, 2.45) is 0 Å². The van der Waals surface area contributed by atoms with Gasteiger partial charge in [0.1, 0.15) is 5.56 Å². The van der Waals surface area contributed by atoms with Crippen molar-refractivity contribution in [3.63, 3.8) is 0 Å². The molecular formula is C15H11ClN2O3. The number of carbonyl (C=O) groups is 1. The minimum atomic E-state index is -1.24. The van der Waals surface area contributed by atoms with Crippen LogP contribution in [0, 0.1) is 0 Å². The number of nitrogens with one attached hydrogen (secondary N) is 1. The fraction of sp³-hybridized carbons (Fsp3) is 0. The maximum absolute atomic E-state index is 11.6. The lowest BCUT2D eigenvalue weighted by molar-refractivity contribution is 0.0695. The summed E-state index contributed by atoms with van der Waals surface area (Å²) in [4.78, 5) is 29.2. The maximum Gasteiger partial charge on any atom is 0.341 e. The Labute approximate surface area is 125 Å². The van der Waals surface area contributed by atoms with Crippen LogP contribution >= 0.6 is 12.4 Å². The van der Waals surface area contributed by atoms with Crippen LogP contribution in [0.4, 0.5) is 0 Å². The van der Waals surface area contributed by atoms with Crippen LogP contribution in [0.3, 0.4) is 0 Å². The number of hydrogen-bond acceptors (Lipinski definition) is 3. The third kappa shape index (κ3) is 2.78. The minimum absolute atomic E-state index is 0. The van der Waals surface area contributed by atoms with Crippen molar-refractivity contribution < 1.29 is 9.90 Å². The van der Waals surface area contributed by atoms with E-state index in [9.17, 15) is 9.59 Å². The molecule has 0 atom stereocenters. The topological polar surface area (TPSA) is 83.0 Å². The number of aromatic carboxylic acids is 1. The smallest absolute Gasteiger partial charge is 0.341 e. The average molecular weight is 303 g/mol. The maximum atomic E-state index is 11.6. The number of carboxylic acids is 1. The van der Waals surface area contributed by atoms with Crippen molar-refractivity contribution in [3.05, 3.63) is 64.7 Å². The minimum Gasteiger partial charge on any atom is -0.477 e. The second-order valence-electron chi connectivity index (χ2n) is 4.36. The van der Waals surface area contributed by atoms with Gasteiger partial charge in [0.05, 0.1) is 0 Å². The predicted molar refractivity (Wildman–Crippen MR) is 82.0 cm³/mol. The first-order valence-corrected chi connectivity index (χ1v) is 5.96. The molecule has 3 aromatic rings. The van der Waals surface area contributed by atoms with Crippen LogP contribution in [0.1, 0.15) is 10.4 Å². The Kier molecular flexibility index (Phi) is 4.05. The van der Waals surface area contributed by atoms with Crippen LogP contribution in [-0.4, -0.2) is 21.0 Å². The molecule has 21 heavy (non-hydrogen) atoms. The van der Waals surface area contributed by atoms with E-state index in [1.54, 1.807) is 18.5 Å². The van der Waals surface area contributed by atoms with E-state index in [-0.39, 0.29) is 18.0 Å². The van der Waals surface area contributed by atoms with Crippen LogP contribution in [0.15, 0.2) is 53.6 Å². The number of carboxylic acid groups (broad SMARTS) is 1. The number of fused-ring (bicyclic) bond motifs is 1. The summed E-state index contributed by atoms with van der Waals surface area (Å²) in [5.74, 6) is -1.24. The summed E-state index contributed by atoms with van der Waals surface area (Å²) in [6.45, 7) is 0. The van der Waals surface area contributed by atoms with Crippen LogP contribution in [0.25, 0.3) is 22.0 Å². The van der Waals surface area contributed by atoms with Crippen molar-refractivity contribution in [2.75, 3.05) is 0 Å². The van der Waals surface area contributed by atoms with Gasteiger partial charge in [0.25, 0.3) is 5.56 Å². The van der Waals surface area contributed by atoms with E-state index in [1.807, 2.05) is 24.3 Å². The molecule has 0 spiro atoms. The van der Waals surface area contributed by atoms with E-state index in [0.29, 0.717) is 10.9 Å². The molecule has 106 valence electrons. The lowest BCUT2D eigenvalue weighted by atomic mass is 10.0. The number of aromatic nitrogens is 2. The summed E-state index contributed by atoms with van der Waals surface area (Å²) in [6.07, 6.45) is 3.41. The number of benzene rings is 1. The summed E-state index contributed by atoms with van der Waals surface area (Å²) in [7, 11) is 0. The Morgan fingerprint density at radius 2 is 1.95 bits per heavy atom. The van der Waals surface area contributed by atoms with Gasteiger partial charge >= 0.3 is 5.97 Å². The summed E-state index contributed by atoms with van der Waals surface area (Å²) in [5, 5.41) is 9.65. The van der Waals surface area contributed by atoms with Crippen molar-refractivity contribution >= 4 is 29.3 Å². The zero-order valence-corrected chi connectivity index (χ0v) is 11.6. The van der Waals surface area contributed by atoms with E-state index in [0.717, 1.165) is 11.1 Å². The van der Waals surface area contributed by atoms with E-state index in [2.05, 4.69) is 9.97 Å². The first-order chi connectivity index (χ1) is 9.65. The number of pyridine rings is 2. The van der Waals surface area contributed by atoms with Gasteiger partial charge in [-0.1, -0.05) is 12.1 Å². The molecule has 3 rings (SSSR count). The lowest BCUT2D eigenvalue weighted by Gasteiger charge is -2.04. The second kappa shape index (κ2) is 5.76. The Hall–Kier alpha value is -2.66. The van der Waals surface area contributed by atoms with Crippen LogP contribution in [0.2, 0.25) is 0 Å². The molecule has 2 heterocycles. The highest BCUT2D eigenvalue weighted by atomic mass is 35.5. The average Bonchev–Trinajstić information content (AvgIpc) is 2.47. The molecule has 0 amide bonds. The molecule has 0 unspecified atom stereocenters. The molecule has 0 aliphatic carbocycles. The Morgan fingerprint density at radius 1 is 1.14 bits per heavy atom. The van der Waals surface area contributed by atoms with Gasteiger partial charge < -0.3 is 10.1 Å². The van der Waals surface area contributed by atoms with Gasteiger partial charge in [-0.15, -0.1) is 12.4 Å². The molecule has 0 saturated heterocycles. The van der Waals surface area contributed by atoms with Gasteiger partial charge in [-0.05, 0) is 35.2 Å². The van der Waals surface area contributed by atoms with Crippen LogP contribution < -0.4 is 5.56 Å². The zero-order valence-electron chi connectivity index (χ0n) is 10.7. The summed E-state index contributed by atoms with van der Waals surface area (Å²) in [5.41, 5.74) is 1.58. The molecular weight excluding hydrogens is 292 g/mol.